The molecule has 31 heavy (non-hydrogen) atoms. The van der Waals surface area contributed by atoms with Crippen molar-refractivity contribution in [1.82, 2.24) is 14.8 Å². The van der Waals surface area contributed by atoms with Gasteiger partial charge in [0, 0.05) is 12.1 Å². The summed E-state index contributed by atoms with van der Waals surface area (Å²) in [6.45, 7) is 6.70. The quantitative estimate of drug-likeness (QED) is 0.384. The molecular weight excluding hydrogens is 436 g/mol. The number of hydrogen-bond acceptors (Lipinski definition) is 6. The lowest BCUT2D eigenvalue weighted by Crippen LogP contribution is -2.15. The van der Waals surface area contributed by atoms with Crippen LogP contribution < -0.4 is 5.32 Å². The molecule has 0 saturated heterocycles. The van der Waals surface area contributed by atoms with E-state index in [1.807, 2.05) is 36.6 Å². The van der Waals surface area contributed by atoms with Crippen LogP contribution in [-0.2, 0) is 16.1 Å². The number of aromatic nitrogens is 3. The second-order valence-corrected chi connectivity index (χ2v) is 8.02. The molecule has 2 aromatic carbocycles. The first-order valence-electron chi connectivity index (χ1n) is 9.82. The van der Waals surface area contributed by atoms with Crippen molar-refractivity contribution >= 4 is 40.9 Å². The van der Waals surface area contributed by atoms with Crippen molar-refractivity contribution in [3.8, 4) is 11.4 Å². The van der Waals surface area contributed by atoms with Crippen LogP contribution in [0.15, 0.2) is 47.6 Å². The summed E-state index contributed by atoms with van der Waals surface area (Å²) in [7, 11) is 0. The maximum absolute atomic E-state index is 12.5. The van der Waals surface area contributed by atoms with Gasteiger partial charge in [0.05, 0.1) is 28.6 Å². The predicted octanol–water partition coefficient (Wildman–Crippen LogP) is 4.83. The topological polar surface area (TPSA) is 86.1 Å². The number of ether oxygens (including phenoxy) is 1. The first kappa shape index (κ1) is 22.8. The van der Waals surface area contributed by atoms with Gasteiger partial charge in [-0.1, -0.05) is 47.1 Å². The Morgan fingerprint density at radius 1 is 1.16 bits per heavy atom. The Labute approximate surface area is 190 Å². The van der Waals surface area contributed by atoms with E-state index in [0.717, 1.165) is 17.0 Å². The second-order valence-electron chi connectivity index (χ2n) is 6.67. The molecule has 3 aromatic rings. The summed E-state index contributed by atoms with van der Waals surface area (Å²) in [4.78, 5) is 24.4. The highest BCUT2D eigenvalue weighted by atomic mass is 35.5. The zero-order valence-corrected chi connectivity index (χ0v) is 19.1. The minimum absolute atomic E-state index is 0.117. The fourth-order valence-electron chi connectivity index (χ4n) is 2.96. The summed E-state index contributed by atoms with van der Waals surface area (Å²) >= 11 is 7.46. The van der Waals surface area contributed by atoms with Gasteiger partial charge in [0.25, 0.3) is 0 Å². The van der Waals surface area contributed by atoms with E-state index in [4.69, 9.17) is 16.3 Å². The van der Waals surface area contributed by atoms with E-state index >= 15 is 0 Å². The molecule has 162 valence electrons. The minimum atomic E-state index is -0.469. The molecule has 1 amide bonds. The highest BCUT2D eigenvalue weighted by molar-refractivity contribution is 7.99. The number of benzene rings is 2. The van der Waals surface area contributed by atoms with Crippen molar-refractivity contribution in [2.75, 3.05) is 17.7 Å². The van der Waals surface area contributed by atoms with Crippen LogP contribution in [0.1, 0.15) is 29.8 Å². The Balaban J connectivity index is 1.69. The van der Waals surface area contributed by atoms with Gasteiger partial charge >= 0.3 is 5.97 Å². The maximum atomic E-state index is 12.5. The van der Waals surface area contributed by atoms with Gasteiger partial charge in [0.1, 0.15) is 0 Å². The molecule has 9 heteroatoms. The van der Waals surface area contributed by atoms with Crippen LogP contribution in [-0.4, -0.2) is 39.0 Å². The van der Waals surface area contributed by atoms with Crippen molar-refractivity contribution in [1.29, 1.82) is 0 Å². The van der Waals surface area contributed by atoms with E-state index in [9.17, 15) is 9.59 Å². The number of thioether (sulfide) groups is 1. The summed E-state index contributed by atoms with van der Waals surface area (Å²) in [5, 5.41) is 12.3. The van der Waals surface area contributed by atoms with Crippen LogP contribution in [0.25, 0.3) is 11.4 Å². The molecule has 1 aromatic heterocycles. The maximum Gasteiger partial charge on any atom is 0.338 e. The van der Waals surface area contributed by atoms with Gasteiger partial charge in [-0.05, 0) is 45.0 Å². The van der Waals surface area contributed by atoms with Gasteiger partial charge in [-0.25, -0.2) is 4.79 Å². The van der Waals surface area contributed by atoms with E-state index in [-0.39, 0.29) is 18.3 Å². The normalized spacial score (nSPS) is 10.7. The molecule has 0 radical (unpaired) electrons. The zero-order valence-electron chi connectivity index (χ0n) is 17.5. The summed E-state index contributed by atoms with van der Waals surface area (Å²) in [6.07, 6.45) is 0. The molecule has 0 unspecified atom stereocenters. The molecule has 0 aliphatic carbocycles. The number of carbonyl (C=O) groups is 2. The molecule has 0 aliphatic rings. The van der Waals surface area contributed by atoms with E-state index in [1.165, 1.54) is 17.8 Å². The number of halogens is 1. The summed E-state index contributed by atoms with van der Waals surface area (Å²) in [5.74, 6) is 0.144. The lowest BCUT2D eigenvalue weighted by atomic mass is 10.1. The van der Waals surface area contributed by atoms with E-state index in [1.54, 1.807) is 19.1 Å². The van der Waals surface area contributed by atoms with E-state index < -0.39 is 5.97 Å². The Hall–Kier alpha value is -2.84. The molecule has 7 nitrogen and oxygen atoms in total. The number of nitrogens with one attached hydrogen (secondary N) is 1. The average Bonchev–Trinajstić information content (AvgIpc) is 3.17. The van der Waals surface area contributed by atoms with E-state index in [2.05, 4.69) is 21.6 Å². The Bertz CT molecular complexity index is 1100. The molecule has 0 atom stereocenters. The minimum Gasteiger partial charge on any atom is -0.462 e. The first-order valence-corrected chi connectivity index (χ1v) is 11.2. The lowest BCUT2D eigenvalue weighted by Gasteiger charge is -2.10. The predicted molar refractivity (Wildman–Crippen MR) is 123 cm³/mol. The van der Waals surface area contributed by atoms with Gasteiger partial charge in [0.15, 0.2) is 11.0 Å². The molecule has 1 N–H and O–H groups in total. The third-order valence-electron chi connectivity index (χ3n) is 4.39. The van der Waals surface area contributed by atoms with Crippen LogP contribution in [0.5, 0.6) is 0 Å². The third-order valence-corrected chi connectivity index (χ3v) is 5.69. The van der Waals surface area contributed by atoms with Crippen LogP contribution in [0.2, 0.25) is 5.02 Å². The first-order chi connectivity index (χ1) is 14.9. The Kier molecular flexibility index (Phi) is 7.70. The van der Waals surface area contributed by atoms with Gasteiger partial charge < -0.3 is 14.6 Å². The number of amides is 1. The third kappa shape index (κ3) is 5.65. The molecule has 3 rings (SSSR count). The number of aryl methyl sites for hydroxylation is 1. The number of anilines is 1. The molecule has 0 aliphatic heterocycles. The number of rotatable bonds is 8. The van der Waals surface area contributed by atoms with Crippen LogP contribution in [0, 0.1) is 6.92 Å². The molecule has 0 bridgehead atoms. The van der Waals surface area contributed by atoms with Gasteiger partial charge in [-0.2, -0.15) is 0 Å². The number of hydrogen-bond donors (Lipinski definition) is 1. The van der Waals surface area contributed by atoms with E-state index in [0.29, 0.717) is 28.0 Å². The van der Waals surface area contributed by atoms with Crippen molar-refractivity contribution in [3.05, 3.63) is 58.6 Å². The highest BCUT2D eigenvalue weighted by Crippen LogP contribution is 2.26. The molecule has 1 heterocycles. The second kappa shape index (κ2) is 10.5. The fourth-order valence-corrected chi connectivity index (χ4v) is 3.92. The van der Waals surface area contributed by atoms with Crippen LogP contribution in [0.4, 0.5) is 5.69 Å². The molecule has 0 spiro atoms. The molecule has 0 saturated carbocycles. The number of carbonyl (C=O) groups excluding carboxylic acids is 2. The average molecular weight is 459 g/mol. The van der Waals surface area contributed by atoms with Gasteiger partial charge in [-0.15, -0.1) is 10.2 Å². The van der Waals surface area contributed by atoms with Gasteiger partial charge in [-0.3, -0.25) is 4.79 Å². The Morgan fingerprint density at radius 2 is 1.97 bits per heavy atom. The van der Waals surface area contributed by atoms with Crippen molar-refractivity contribution in [2.45, 2.75) is 32.5 Å². The monoisotopic (exact) mass is 458 g/mol. The van der Waals surface area contributed by atoms with Crippen molar-refractivity contribution < 1.29 is 14.3 Å². The highest BCUT2D eigenvalue weighted by Gasteiger charge is 2.16. The SMILES string of the molecule is CCOC(=O)c1ccc(Cl)c(NC(=O)CSc2nnc(-c3cccc(C)c3)n2CC)c1. The summed E-state index contributed by atoms with van der Waals surface area (Å²) < 4.78 is 6.96. The largest absolute Gasteiger partial charge is 0.462 e. The van der Waals surface area contributed by atoms with Crippen LogP contribution >= 0.6 is 23.4 Å². The lowest BCUT2D eigenvalue weighted by molar-refractivity contribution is -0.113. The van der Waals surface area contributed by atoms with Gasteiger partial charge in [0.2, 0.25) is 5.91 Å². The van der Waals surface area contributed by atoms with Crippen molar-refractivity contribution in [3.63, 3.8) is 0 Å². The van der Waals surface area contributed by atoms with Crippen molar-refractivity contribution in [2.24, 2.45) is 0 Å². The smallest absolute Gasteiger partial charge is 0.338 e. The summed E-state index contributed by atoms with van der Waals surface area (Å²) in [5.41, 5.74) is 2.80. The van der Waals surface area contributed by atoms with Crippen LogP contribution in [0.3, 0.4) is 0 Å². The number of esters is 1. The summed E-state index contributed by atoms with van der Waals surface area (Å²) in [6, 6.07) is 12.7. The standard InChI is InChI=1S/C22H23ClN4O3S/c1-4-27-20(15-8-6-7-14(3)11-15)25-26-22(27)31-13-19(28)24-18-12-16(9-10-17(18)23)21(29)30-5-2/h6-12H,4-5,13H2,1-3H3,(H,24,28). The zero-order chi connectivity index (χ0) is 22.4. The molecular formula is C22H23ClN4O3S. The fraction of sp³-hybridized carbons (Fsp3) is 0.273. The molecule has 0 fully saturated rings. The number of nitrogens with zero attached hydrogens (tertiary/aromatic N) is 3. The Morgan fingerprint density at radius 3 is 2.68 bits per heavy atom.